The van der Waals surface area contributed by atoms with Gasteiger partial charge in [0.25, 0.3) is 0 Å². The lowest BCUT2D eigenvalue weighted by Gasteiger charge is -2.32. The van der Waals surface area contributed by atoms with Crippen LogP contribution in [0.5, 0.6) is 0 Å². The van der Waals surface area contributed by atoms with Crippen LogP contribution in [0.25, 0.3) is 0 Å². The molecular weight excluding hydrogens is 264 g/mol. The van der Waals surface area contributed by atoms with E-state index in [1.807, 2.05) is 17.8 Å². The van der Waals surface area contributed by atoms with Gasteiger partial charge >= 0.3 is 0 Å². The van der Waals surface area contributed by atoms with E-state index in [1.54, 1.807) is 0 Å². The van der Waals surface area contributed by atoms with Crippen LogP contribution >= 0.6 is 11.8 Å². The maximum atomic E-state index is 5.72. The van der Waals surface area contributed by atoms with E-state index in [0.717, 1.165) is 12.2 Å². The summed E-state index contributed by atoms with van der Waals surface area (Å²) in [5.41, 5.74) is 6.00. The average Bonchev–Trinajstić information content (AvgIpc) is 2.49. The minimum atomic E-state index is 0.360. The maximum Gasteiger partial charge on any atom is 0.0310 e. The first kappa shape index (κ1) is 13.7. The molecule has 0 spiro atoms. The molecule has 2 unspecified atom stereocenters. The summed E-state index contributed by atoms with van der Waals surface area (Å²) in [6.45, 7) is 0. The molecule has 0 aliphatic heterocycles. The number of thioether (sulfide) groups is 1. The van der Waals surface area contributed by atoms with E-state index in [9.17, 15) is 0 Å². The number of nitrogens with two attached hydrogens (primary N) is 1. The third kappa shape index (κ3) is 3.06. The van der Waals surface area contributed by atoms with Gasteiger partial charge in [-0.1, -0.05) is 42.5 Å². The fourth-order valence-electron chi connectivity index (χ4n) is 2.81. The number of hydrogen-bond donors (Lipinski definition) is 2. The number of hydrazine groups is 1. The van der Waals surface area contributed by atoms with Crippen LogP contribution in [0.2, 0.25) is 0 Å². The van der Waals surface area contributed by atoms with E-state index in [1.165, 1.54) is 22.4 Å². The van der Waals surface area contributed by atoms with Crippen LogP contribution in [-0.2, 0) is 6.42 Å². The Kier molecular flexibility index (Phi) is 4.41. The fraction of sp³-hybridized carbons (Fsp3) is 0.294. The van der Waals surface area contributed by atoms with Crippen molar-refractivity contribution in [2.45, 2.75) is 29.7 Å². The summed E-state index contributed by atoms with van der Waals surface area (Å²) in [6, 6.07) is 19.6. The van der Waals surface area contributed by atoms with Crippen molar-refractivity contribution in [2.75, 3.05) is 5.75 Å². The molecule has 3 rings (SSSR count). The first-order valence-corrected chi connectivity index (χ1v) is 8.07. The van der Waals surface area contributed by atoms with Gasteiger partial charge in [0, 0.05) is 16.7 Å². The molecule has 0 aromatic heterocycles. The fourth-order valence-corrected chi connectivity index (χ4v) is 3.79. The maximum absolute atomic E-state index is 5.72. The van der Waals surface area contributed by atoms with Crippen LogP contribution < -0.4 is 11.3 Å². The molecule has 0 heterocycles. The van der Waals surface area contributed by atoms with Gasteiger partial charge in [0.2, 0.25) is 0 Å². The number of nitrogens with one attached hydrogen (secondary N) is 1. The topological polar surface area (TPSA) is 38.0 Å². The summed E-state index contributed by atoms with van der Waals surface area (Å²) in [4.78, 5) is 1.31. The number of benzene rings is 2. The Morgan fingerprint density at radius 2 is 1.85 bits per heavy atom. The zero-order valence-electron chi connectivity index (χ0n) is 11.5. The monoisotopic (exact) mass is 284 g/mol. The second-order valence-electron chi connectivity index (χ2n) is 5.32. The Morgan fingerprint density at radius 3 is 2.60 bits per heavy atom. The van der Waals surface area contributed by atoms with Gasteiger partial charge in [-0.2, -0.15) is 0 Å². The van der Waals surface area contributed by atoms with Gasteiger partial charge in [-0.3, -0.25) is 11.3 Å². The molecular formula is C17H20N2S. The lowest BCUT2D eigenvalue weighted by Crippen LogP contribution is -2.39. The molecule has 3 N–H and O–H groups in total. The zero-order chi connectivity index (χ0) is 13.8. The summed E-state index contributed by atoms with van der Waals surface area (Å²) in [5, 5.41) is 0. The highest BCUT2D eigenvalue weighted by Gasteiger charge is 2.27. The molecule has 0 fully saturated rings. The molecule has 2 nitrogen and oxygen atoms in total. The van der Waals surface area contributed by atoms with Gasteiger partial charge in [0.1, 0.15) is 0 Å². The van der Waals surface area contributed by atoms with Crippen LogP contribution in [0.4, 0.5) is 0 Å². The van der Waals surface area contributed by atoms with E-state index in [4.69, 9.17) is 5.84 Å². The van der Waals surface area contributed by atoms with Crippen LogP contribution in [0.3, 0.4) is 0 Å². The molecule has 2 atom stereocenters. The molecule has 0 saturated heterocycles. The molecule has 2 aromatic carbocycles. The van der Waals surface area contributed by atoms with E-state index in [2.05, 4.69) is 54.0 Å². The zero-order valence-corrected chi connectivity index (χ0v) is 12.3. The van der Waals surface area contributed by atoms with Crippen molar-refractivity contribution >= 4 is 11.8 Å². The number of rotatable bonds is 6. The quantitative estimate of drug-likeness (QED) is 0.485. The van der Waals surface area contributed by atoms with E-state index >= 15 is 0 Å². The first-order chi connectivity index (χ1) is 9.86. The molecule has 0 saturated carbocycles. The molecule has 104 valence electrons. The molecule has 1 aliphatic carbocycles. The minimum absolute atomic E-state index is 0.360. The third-order valence-electron chi connectivity index (χ3n) is 3.96. The molecule has 0 bridgehead atoms. The number of hydrogen-bond acceptors (Lipinski definition) is 3. The Balaban J connectivity index is 1.54. The van der Waals surface area contributed by atoms with Gasteiger partial charge in [0.05, 0.1) is 0 Å². The summed E-state index contributed by atoms with van der Waals surface area (Å²) >= 11 is 1.87. The van der Waals surface area contributed by atoms with Crippen molar-refractivity contribution < 1.29 is 0 Å². The van der Waals surface area contributed by atoms with Gasteiger partial charge in [0.15, 0.2) is 0 Å². The lowest BCUT2D eigenvalue weighted by atomic mass is 9.75. The summed E-state index contributed by atoms with van der Waals surface area (Å²) in [7, 11) is 0. The minimum Gasteiger partial charge on any atom is -0.271 e. The predicted octanol–water partition coefficient (Wildman–Crippen LogP) is 3.34. The Morgan fingerprint density at radius 1 is 1.10 bits per heavy atom. The van der Waals surface area contributed by atoms with Crippen LogP contribution in [0.1, 0.15) is 23.5 Å². The Bertz CT molecular complexity index is 556. The van der Waals surface area contributed by atoms with Gasteiger partial charge in [-0.15, -0.1) is 11.8 Å². The normalized spacial score (nSPS) is 18.1. The predicted molar refractivity (Wildman–Crippen MR) is 85.8 cm³/mol. The van der Waals surface area contributed by atoms with Crippen molar-refractivity contribution in [1.82, 2.24) is 5.43 Å². The highest BCUT2D eigenvalue weighted by molar-refractivity contribution is 7.99. The summed E-state index contributed by atoms with van der Waals surface area (Å²) in [5.74, 6) is 7.40. The molecule has 1 aliphatic rings. The number of fused-ring (bicyclic) bond motifs is 1. The van der Waals surface area contributed by atoms with Crippen molar-refractivity contribution in [3.63, 3.8) is 0 Å². The molecule has 0 radical (unpaired) electrons. The standard InChI is InChI=1S/C17H20N2S/c18-19-15(12-20-16-7-2-1-3-8-16)11-14-10-13-6-4-5-9-17(13)14/h1-9,14-15,19H,10-12,18H2. The van der Waals surface area contributed by atoms with Crippen LogP contribution in [0.15, 0.2) is 59.5 Å². The first-order valence-electron chi connectivity index (χ1n) is 7.08. The van der Waals surface area contributed by atoms with Gasteiger partial charge in [-0.05, 0) is 42.0 Å². The smallest absolute Gasteiger partial charge is 0.0310 e. The van der Waals surface area contributed by atoms with Crippen LogP contribution in [-0.4, -0.2) is 11.8 Å². The van der Waals surface area contributed by atoms with Crippen molar-refractivity contribution in [2.24, 2.45) is 5.84 Å². The van der Waals surface area contributed by atoms with Gasteiger partial charge < -0.3 is 0 Å². The third-order valence-corrected chi connectivity index (χ3v) is 5.13. The second kappa shape index (κ2) is 6.44. The lowest BCUT2D eigenvalue weighted by molar-refractivity contribution is 0.452. The van der Waals surface area contributed by atoms with Gasteiger partial charge in [-0.25, -0.2) is 0 Å². The van der Waals surface area contributed by atoms with E-state index < -0.39 is 0 Å². The summed E-state index contributed by atoms with van der Waals surface area (Å²) in [6.07, 6.45) is 2.32. The Hall–Kier alpha value is -1.29. The Labute approximate surface area is 124 Å². The summed E-state index contributed by atoms with van der Waals surface area (Å²) < 4.78 is 0. The molecule has 0 amide bonds. The largest absolute Gasteiger partial charge is 0.271 e. The van der Waals surface area contributed by atoms with E-state index in [0.29, 0.717) is 12.0 Å². The highest BCUT2D eigenvalue weighted by Crippen LogP contribution is 2.38. The SMILES string of the molecule is NNC(CSc1ccccc1)CC1Cc2ccccc21. The second-order valence-corrected chi connectivity index (χ2v) is 6.42. The van der Waals surface area contributed by atoms with Crippen molar-refractivity contribution in [1.29, 1.82) is 0 Å². The van der Waals surface area contributed by atoms with Crippen molar-refractivity contribution in [3.8, 4) is 0 Å². The average molecular weight is 284 g/mol. The molecule has 2 aromatic rings. The van der Waals surface area contributed by atoms with E-state index in [-0.39, 0.29) is 0 Å². The van der Waals surface area contributed by atoms with Crippen molar-refractivity contribution in [3.05, 3.63) is 65.7 Å². The molecule has 20 heavy (non-hydrogen) atoms. The molecule has 3 heteroatoms. The highest BCUT2D eigenvalue weighted by atomic mass is 32.2. The van der Waals surface area contributed by atoms with Crippen LogP contribution in [0, 0.1) is 0 Å².